The lowest BCUT2D eigenvalue weighted by atomic mass is 10.1. The minimum Gasteiger partial charge on any atom is -0.383 e. The topological polar surface area (TPSA) is 117 Å². The van der Waals surface area contributed by atoms with Gasteiger partial charge in [0.1, 0.15) is 17.5 Å². The van der Waals surface area contributed by atoms with Crippen molar-refractivity contribution in [2.75, 3.05) is 16.4 Å². The van der Waals surface area contributed by atoms with E-state index in [4.69, 9.17) is 23.2 Å². The second-order valence-electron chi connectivity index (χ2n) is 6.62. The normalized spacial score (nSPS) is 10.3. The summed E-state index contributed by atoms with van der Waals surface area (Å²) in [5.74, 6) is 0.858. The molecule has 0 bridgehead atoms. The van der Waals surface area contributed by atoms with E-state index < -0.39 is 0 Å². The van der Waals surface area contributed by atoms with Crippen molar-refractivity contribution in [1.29, 1.82) is 5.26 Å². The summed E-state index contributed by atoms with van der Waals surface area (Å²) in [4.78, 5) is 0. The number of nitrogen functional groups attached to an aromatic ring is 1. The number of para-hydroxylation sites is 1. The Hall–Kier alpha value is -4.29. The first kappa shape index (κ1) is 20.0. The summed E-state index contributed by atoms with van der Waals surface area (Å²) in [5.41, 5.74) is 9.80. The van der Waals surface area contributed by atoms with Gasteiger partial charge in [-0.25, -0.2) is 4.68 Å². The van der Waals surface area contributed by atoms with Gasteiger partial charge in [0.2, 0.25) is 0 Å². The van der Waals surface area contributed by atoms with Crippen molar-refractivity contribution in [2.45, 2.75) is 6.54 Å². The maximum absolute atomic E-state index is 9.06. The van der Waals surface area contributed by atoms with Gasteiger partial charge in [0.15, 0.2) is 10.9 Å². The van der Waals surface area contributed by atoms with Gasteiger partial charge in [0, 0.05) is 11.3 Å². The molecule has 2 aromatic carbocycles. The Morgan fingerprint density at radius 1 is 1.00 bits per heavy atom. The van der Waals surface area contributed by atoms with Gasteiger partial charge < -0.3 is 16.4 Å². The molecule has 0 unspecified atom stereocenters. The maximum atomic E-state index is 9.06. The van der Waals surface area contributed by atoms with Crippen LogP contribution in [-0.2, 0) is 6.54 Å². The Morgan fingerprint density at radius 2 is 1.77 bits per heavy atom. The smallest absolute Gasteiger partial charge is 0.176 e. The number of nitrogens with one attached hydrogen (secondary N) is 2. The van der Waals surface area contributed by atoms with Crippen molar-refractivity contribution in [3.63, 3.8) is 0 Å². The number of nitriles is 1. The summed E-state index contributed by atoms with van der Waals surface area (Å²) in [5, 5.41) is 28.3. The second kappa shape index (κ2) is 9.02. The predicted octanol–water partition coefficient (Wildman–Crippen LogP) is 3.65. The molecule has 0 saturated heterocycles. The number of nitrogens with two attached hydrogens (primary N) is 1. The minimum atomic E-state index is 0.326. The maximum Gasteiger partial charge on any atom is 0.176 e. The van der Waals surface area contributed by atoms with Crippen molar-refractivity contribution in [3.8, 4) is 17.3 Å². The highest BCUT2D eigenvalue weighted by molar-refractivity contribution is 7.80. The van der Waals surface area contributed by atoms with Gasteiger partial charge in [-0.2, -0.15) is 10.4 Å². The Kier molecular flexibility index (Phi) is 5.82. The molecule has 4 rings (SSSR count). The van der Waals surface area contributed by atoms with Gasteiger partial charge in [0.25, 0.3) is 0 Å². The van der Waals surface area contributed by atoms with E-state index in [-0.39, 0.29) is 0 Å². The molecule has 4 N–H and O–H groups in total. The van der Waals surface area contributed by atoms with Crippen LogP contribution in [0.2, 0.25) is 0 Å². The molecule has 0 radical (unpaired) electrons. The van der Waals surface area contributed by atoms with Crippen molar-refractivity contribution in [2.24, 2.45) is 0 Å². The van der Waals surface area contributed by atoms with Crippen LogP contribution in [-0.4, -0.2) is 25.1 Å². The Balaban J connectivity index is 1.44. The molecular formula is C22H18N8S. The summed E-state index contributed by atoms with van der Waals surface area (Å²) < 4.78 is 1.57. The summed E-state index contributed by atoms with van der Waals surface area (Å²) in [7, 11) is 0. The van der Waals surface area contributed by atoms with Gasteiger partial charge in [-0.05, 0) is 36.0 Å². The molecule has 0 aliphatic carbocycles. The van der Waals surface area contributed by atoms with Crippen LogP contribution in [0.25, 0.3) is 11.3 Å². The zero-order valence-corrected chi connectivity index (χ0v) is 17.2. The number of nitrogens with zero attached hydrogens (tertiary/aromatic N) is 5. The number of rotatable bonds is 5. The molecule has 0 saturated carbocycles. The highest BCUT2D eigenvalue weighted by atomic mass is 32.1. The highest BCUT2D eigenvalue weighted by Gasteiger charge is 2.11. The van der Waals surface area contributed by atoms with E-state index in [0.717, 1.165) is 22.5 Å². The lowest BCUT2D eigenvalue weighted by Crippen LogP contribution is -2.21. The van der Waals surface area contributed by atoms with Crippen LogP contribution in [0, 0.1) is 11.3 Å². The Labute approximate surface area is 184 Å². The van der Waals surface area contributed by atoms with Crippen LogP contribution in [0.15, 0.2) is 72.9 Å². The summed E-state index contributed by atoms with van der Waals surface area (Å²) >= 11 is 5.44. The predicted molar refractivity (Wildman–Crippen MR) is 124 cm³/mol. The van der Waals surface area contributed by atoms with Gasteiger partial charge in [-0.15, -0.1) is 10.2 Å². The summed E-state index contributed by atoms with van der Waals surface area (Å²) in [6.45, 7) is 0.394. The van der Waals surface area contributed by atoms with E-state index in [1.165, 1.54) is 6.20 Å². The number of hydrogen-bond donors (Lipinski definition) is 3. The van der Waals surface area contributed by atoms with Crippen LogP contribution in [0.4, 0.5) is 17.3 Å². The zero-order valence-electron chi connectivity index (χ0n) is 16.4. The molecule has 31 heavy (non-hydrogen) atoms. The van der Waals surface area contributed by atoms with E-state index in [2.05, 4.69) is 25.9 Å². The molecule has 8 nitrogen and oxygen atoms in total. The minimum absolute atomic E-state index is 0.326. The van der Waals surface area contributed by atoms with Gasteiger partial charge >= 0.3 is 0 Å². The molecule has 0 aliphatic rings. The average molecular weight is 427 g/mol. The number of benzene rings is 2. The van der Waals surface area contributed by atoms with Crippen molar-refractivity contribution in [3.05, 3.63) is 84.1 Å². The Bertz CT molecular complexity index is 1240. The molecule has 152 valence electrons. The van der Waals surface area contributed by atoms with Crippen LogP contribution >= 0.6 is 12.2 Å². The molecule has 0 spiro atoms. The molecule has 0 aliphatic heterocycles. The Morgan fingerprint density at radius 3 is 2.48 bits per heavy atom. The average Bonchev–Trinajstić information content (AvgIpc) is 3.15. The highest BCUT2D eigenvalue weighted by Crippen LogP contribution is 2.20. The molecule has 0 atom stereocenters. The first-order valence-corrected chi connectivity index (χ1v) is 9.81. The molecular weight excluding hydrogens is 408 g/mol. The quantitative estimate of drug-likeness (QED) is 0.414. The lowest BCUT2D eigenvalue weighted by molar-refractivity contribution is 0.698. The van der Waals surface area contributed by atoms with Crippen molar-refractivity contribution in [1.82, 2.24) is 20.0 Å². The fourth-order valence-corrected chi connectivity index (χ4v) is 3.19. The van der Waals surface area contributed by atoms with E-state index in [9.17, 15) is 0 Å². The molecule has 2 aromatic heterocycles. The largest absolute Gasteiger partial charge is 0.383 e. The number of aromatic nitrogens is 4. The molecule has 2 heterocycles. The molecule has 0 amide bonds. The number of hydrogen-bond acceptors (Lipinski definition) is 6. The van der Waals surface area contributed by atoms with Gasteiger partial charge in [-0.1, -0.05) is 48.5 Å². The molecule has 0 fully saturated rings. The second-order valence-corrected chi connectivity index (χ2v) is 7.03. The summed E-state index contributed by atoms with van der Waals surface area (Å²) in [6.07, 6.45) is 1.45. The van der Waals surface area contributed by atoms with E-state index in [1.807, 2.05) is 72.8 Å². The lowest BCUT2D eigenvalue weighted by Gasteiger charge is -2.14. The van der Waals surface area contributed by atoms with Crippen LogP contribution in [0.3, 0.4) is 0 Å². The number of thiocarbonyl (C=S) groups is 1. The van der Waals surface area contributed by atoms with Crippen LogP contribution in [0.1, 0.15) is 11.1 Å². The fourth-order valence-electron chi connectivity index (χ4n) is 2.98. The monoisotopic (exact) mass is 426 g/mol. The zero-order chi connectivity index (χ0) is 21.6. The first-order valence-electron chi connectivity index (χ1n) is 9.40. The van der Waals surface area contributed by atoms with Gasteiger partial charge in [-0.3, -0.25) is 0 Å². The molecule has 4 aromatic rings. The standard InChI is InChI=1S/C22H18N8S/c23-12-17-13-25-30(21(17)24)14-16-8-4-5-9-18(16)26-22(31)27-20-11-10-19(28-29-20)15-6-2-1-3-7-15/h1-11,13H,14,24H2,(H2,26,27,29,31). The number of anilines is 3. The SMILES string of the molecule is N#Cc1cnn(Cc2ccccc2NC(=S)Nc2ccc(-c3ccccc3)nn2)c1N. The first-order chi connectivity index (χ1) is 15.1. The van der Waals surface area contributed by atoms with Gasteiger partial charge in [0.05, 0.1) is 18.4 Å². The van der Waals surface area contributed by atoms with Crippen LogP contribution < -0.4 is 16.4 Å². The van der Waals surface area contributed by atoms with Crippen molar-refractivity contribution < 1.29 is 0 Å². The third kappa shape index (κ3) is 4.66. The van der Waals surface area contributed by atoms with E-state index >= 15 is 0 Å². The summed E-state index contributed by atoms with van der Waals surface area (Å²) in [6, 6.07) is 23.2. The van der Waals surface area contributed by atoms with Crippen molar-refractivity contribution >= 4 is 34.7 Å². The third-order valence-corrected chi connectivity index (χ3v) is 4.77. The molecule has 9 heteroatoms. The fraction of sp³-hybridized carbons (Fsp3) is 0.0455. The van der Waals surface area contributed by atoms with E-state index in [1.54, 1.807) is 4.68 Å². The van der Waals surface area contributed by atoms with Crippen LogP contribution in [0.5, 0.6) is 0 Å². The van der Waals surface area contributed by atoms with E-state index in [0.29, 0.717) is 28.9 Å². The third-order valence-electron chi connectivity index (χ3n) is 4.56.